The quantitative estimate of drug-likeness (QED) is 0.496. The first-order valence-electron chi connectivity index (χ1n) is 4.50. The predicted octanol–water partition coefficient (Wildman–Crippen LogP) is 1.54. The van der Waals surface area contributed by atoms with Crippen molar-refractivity contribution in [3.63, 3.8) is 0 Å². The Morgan fingerprint density at radius 2 is 1.78 bits per heavy atom. The fourth-order valence-corrected chi connectivity index (χ4v) is 2.05. The Kier molecular flexibility index (Phi) is 5.01. The molecule has 0 saturated heterocycles. The van der Waals surface area contributed by atoms with Crippen molar-refractivity contribution < 1.29 is 18.1 Å². The summed E-state index contributed by atoms with van der Waals surface area (Å²) in [7, 11) is -4.30. The molecular formula is C10H8KNO5S. The molecule has 6 nitrogen and oxygen atoms in total. The Hall–Kier alpha value is -0.354. The van der Waals surface area contributed by atoms with Gasteiger partial charge in [-0.05, 0) is 28.8 Å². The van der Waals surface area contributed by atoms with Crippen LogP contribution in [0.2, 0.25) is 0 Å². The Bertz CT molecular complexity index is 714. The van der Waals surface area contributed by atoms with E-state index in [1.807, 2.05) is 0 Å². The molecule has 0 fully saturated rings. The maximum absolute atomic E-state index is 10.9. The number of fused-ring (bicyclic) bond motifs is 1. The van der Waals surface area contributed by atoms with Crippen LogP contribution in [-0.4, -0.2) is 69.5 Å². The zero-order valence-corrected chi connectivity index (χ0v) is 9.18. The van der Waals surface area contributed by atoms with Crippen LogP contribution in [0.5, 0.6) is 5.75 Å². The topological polar surface area (TPSA) is 104 Å². The van der Waals surface area contributed by atoms with Crippen molar-refractivity contribution in [1.82, 2.24) is 0 Å². The molecule has 0 unspecified atom stereocenters. The van der Waals surface area contributed by atoms with Gasteiger partial charge in [-0.15, -0.1) is 4.91 Å². The van der Waals surface area contributed by atoms with E-state index in [0.717, 1.165) is 6.07 Å². The second-order valence-electron chi connectivity index (χ2n) is 3.38. The minimum atomic E-state index is -4.30. The number of hydrogen-bond acceptors (Lipinski definition) is 5. The van der Waals surface area contributed by atoms with Gasteiger partial charge in [0.1, 0.15) is 5.75 Å². The van der Waals surface area contributed by atoms with Crippen LogP contribution in [0.3, 0.4) is 0 Å². The van der Waals surface area contributed by atoms with Crippen LogP contribution in [0.15, 0.2) is 40.4 Å². The van der Waals surface area contributed by atoms with Crippen molar-refractivity contribution in [1.29, 1.82) is 0 Å². The monoisotopic (exact) mass is 293 g/mol. The third-order valence-electron chi connectivity index (χ3n) is 2.33. The molecule has 0 saturated carbocycles. The molecule has 90 valence electrons. The summed E-state index contributed by atoms with van der Waals surface area (Å²) in [4.78, 5) is 10.3. The Labute approximate surface area is 145 Å². The molecule has 0 aliphatic heterocycles. The molecule has 2 rings (SSSR count). The molecule has 2 aromatic carbocycles. The molecule has 0 aromatic heterocycles. The van der Waals surface area contributed by atoms with Crippen LogP contribution < -0.4 is 0 Å². The molecule has 18 heavy (non-hydrogen) atoms. The molecule has 0 bridgehead atoms. The summed E-state index contributed by atoms with van der Waals surface area (Å²) in [5.74, 6) is -0.285. The van der Waals surface area contributed by atoms with E-state index in [1.54, 1.807) is 0 Å². The molecule has 0 spiro atoms. The number of hydrogen-bond donors (Lipinski definition) is 2. The zero-order valence-electron chi connectivity index (χ0n) is 8.36. The van der Waals surface area contributed by atoms with E-state index in [4.69, 9.17) is 4.55 Å². The number of rotatable bonds is 2. The van der Waals surface area contributed by atoms with E-state index in [2.05, 4.69) is 5.18 Å². The number of phenols is 1. The van der Waals surface area contributed by atoms with Crippen molar-refractivity contribution in [2.24, 2.45) is 5.18 Å². The molecule has 0 aliphatic rings. The summed E-state index contributed by atoms with van der Waals surface area (Å²) in [5, 5.41) is 12.7. The Morgan fingerprint density at radius 3 is 2.33 bits per heavy atom. The second kappa shape index (κ2) is 5.74. The third-order valence-corrected chi connectivity index (χ3v) is 3.18. The summed E-state index contributed by atoms with van der Waals surface area (Å²) in [6.07, 6.45) is 0. The van der Waals surface area contributed by atoms with Crippen molar-refractivity contribution in [2.45, 2.75) is 4.90 Å². The Morgan fingerprint density at radius 1 is 1.11 bits per heavy atom. The molecule has 8 heteroatoms. The van der Waals surface area contributed by atoms with Crippen LogP contribution in [0.4, 0.5) is 5.69 Å². The summed E-state index contributed by atoms with van der Waals surface area (Å²) in [5.41, 5.74) is -0.163. The molecule has 0 heterocycles. The number of nitroso groups, excluding NO2 is 1. The van der Waals surface area contributed by atoms with Gasteiger partial charge in [0.2, 0.25) is 0 Å². The van der Waals surface area contributed by atoms with Gasteiger partial charge >= 0.3 is 51.4 Å². The van der Waals surface area contributed by atoms with Gasteiger partial charge in [-0.1, -0.05) is 12.1 Å². The van der Waals surface area contributed by atoms with E-state index in [-0.39, 0.29) is 67.7 Å². The van der Waals surface area contributed by atoms with Gasteiger partial charge in [0.15, 0.2) is 5.69 Å². The van der Waals surface area contributed by atoms with Crippen LogP contribution in [0.1, 0.15) is 0 Å². The Balaban J connectivity index is 0.00000162. The fourth-order valence-electron chi connectivity index (χ4n) is 1.54. The van der Waals surface area contributed by atoms with Crippen molar-refractivity contribution in [3.05, 3.63) is 35.2 Å². The molecule has 0 atom stereocenters. The van der Waals surface area contributed by atoms with Crippen molar-refractivity contribution >= 4 is 78.0 Å². The van der Waals surface area contributed by atoms with Gasteiger partial charge in [-0.2, -0.15) is 8.42 Å². The number of aromatic hydroxyl groups is 1. The normalized spacial score (nSPS) is 10.9. The minimum absolute atomic E-state index is 0. The van der Waals surface area contributed by atoms with E-state index < -0.39 is 10.1 Å². The molecule has 0 amide bonds. The first-order valence-corrected chi connectivity index (χ1v) is 5.94. The number of benzene rings is 2. The third kappa shape index (κ3) is 2.96. The van der Waals surface area contributed by atoms with Gasteiger partial charge in [0.25, 0.3) is 10.1 Å². The van der Waals surface area contributed by atoms with Crippen LogP contribution >= 0.6 is 0 Å². The average Bonchev–Trinajstić information content (AvgIpc) is 2.27. The van der Waals surface area contributed by atoms with Gasteiger partial charge in [-0.25, -0.2) is 0 Å². The van der Waals surface area contributed by atoms with Gasteiger partial charge in [0.05, 0.1) is 4.90 Å². The second-order valence-corrected chi connectivity index (χ2v) is 4.80. The van der Waals surface area contributed by atoms with E-state index >= 15 is 0 Å². The fraction of sp³-hybridized carbons (Fsp3) is 0. The zero-order chi connectivity index (χ0) is 12.6. The standard InChI is InChI=1S/C10H7NO5S.K.H/c12-9-4-1-6-5-7(17(14,15)16)2-3-8(6)10(9)11-13;;/h1-5,12H,(H,14,15,16);;. The van der Waals surface area contributed by atoms with Gasteiger partial charge in [-0.3, -0.25) is 4.55 Å². The van der Waals surface area contributed by atoms with Crippen LogP contribution in [-0.2, 0) is 10.1 Å². The maximum atomic E-state index is 10.9. The van der Waals surface area contributed by atoms with Crippen LogP contribution in [0, 0.1) is 4.91 Å². The van der Waals surface area contributed by atoms with Gasteiger partial charge < -0.3 is 5.11 Å². The predicted molar refractivity (Wildman–Crippen MR) is 68.0 cm³/mol. The van der Waals surface area contributed by atoms with E-state index in [9.17, 15) is 18.4 Å². The summed E-state index contributed by atoms with van der Waals surface area (Å²) >= 11 is 0. The first-order chi connectivity index (χ1) is 7.93. The summed E-state index contributed by atoms with van der Waals surface area (Å²) < 4.78 is 30.7. The van der Waals surface area contributed by atoms with E-state index in [1.165, 1.54) is 24.3 Å². The molecule has 2 N–H and O–H groups in total. The molecule has 2 aromatic rings. The average molecular weight is 293 g/mol. The summed E-state index contributed by atoms with van der Waals surface area (Å²) in [6, 6.07) is 6.28. The molecule has 0 aliphatic carbocycles. The van der Waals surface area contributed by atoms with Crippen LogP contribution in [0.25, 0.3) is 10.8 Å². The van der Waals surface area contributed by atoms with Crippen molar-refractivity contribution in [3.8, 4) is 5.75 Å². The summed E-state index contributed by atoms with van der Waals surface area (Å²) in [6.45, 7) is 0. The van der Waals surface area contributed by atoms with Crippen molar-refractivity contribution in [2.75, 3.05) is 0 Å². The number of nitrogens with zero attached hydrogens (tertiary/aromatic N) is 1. The SMILES string of the molecule is O=Nc1c(O)ccc2cc(S(=O)(=O)O)ccc12.[KH]. The number of phenolic OH excluding ortho intramolecular Hbond substituents is 1. The molecular weight excluding hydrogens is 285 g/mol. The molecule has 0 radical (unpaired) electrons. The van der Waals surface area contributed by atoms with Gasteiger partial charge in [0, 0.05) is 5.39 Å². The first kappa shape index (κ1) is 15.7. The van der Waals surface area contributed by atoms with E-state index in [0.29, 0.717) is 10.8 Å².